The van der Waals surface area contributed by atoms with Crippen LogP contribution < -0.4 is 10.2 Å². The predicted octanol–water partition coefficient (Wildman–Crippen LogP) is 3.12. The fourth-order valence-corrected chi connectivity index (χ4v) is 4.23. The SMILES string of the molecule is O=C(Cn1cnc2ccccc21)Nc1ccc(N2CCCN(C(=O)C3CC3)CC2)cc1. The lowest BCUT2D eigenvalue weighted by Crippen LogP contribution is -2.36. The van der Waals surface area contributed by atoms with Gasteiger partial charge in [0.1, 0.15) is 6.54 Å². The first-order chi connectivity index (χ1) is 15.2. The van der Waals surface area contributed by atoms with E-state index < -0.39 is 0 Å². The monoisotopic (exact) mass is 417 g/mol. The number of nitrogens with one attached hydrogen (secondary N) is 1. The Bertz CT molecular complexity index is 1090. The number of fused-ring (bicyclic) bond motifs is 1. The first-order valence-electron chi connectivity index (χ1n) is 11.0. The lowest BCUT2D eigenvalue weighted by molar-refractivity contribution is -0.132. The average Bonchev–Trinajstić information content (AvgIpc) is 3.60. The van der Waals surface area contributed by atoms with Crippen LogP contribution in [0.4, 0.5) is 11.4 Å². The molecule has 7 nitrogen and oxygen atoms in total. The van der Waals surface area contributed by atoms with Crippen molar-refractivity contribution < 1.29 is 9.59 Å². The minimum absolute atomic E-state index is 0.0834. The summed E-state index contributed by atoms with van der Waals surface area (Å²) in [5.74, 6) is 0.542. The number of aromatic nitrogens is 2. The number of imidazole rings is 1. The summed E-state index contributed by atoms with van der Waals surface area (Å²) in [6.07, 6.45) is 4.80. The Kier molecular flexibility index (Phi) is 5.32. The largest absolute Gasteiger partial charge is 0.370 e. The summed E-state index contributed by atoms with van der Waals surface area (Å²) in [5, 5.41) is 2.97. The zero-order chi connectivity index (χ0) is 21.2. The number of carbonyl (C=O) groups excluding carboxylic acids is 2. The maximum Gasteiger partial charge on any atom is 0.244 e. The van der Waals surface area contributed by atoms with E-state index in [4.69, 9.17) is 0 Å². The number of rotatable bonds is 5. The van der Waals surface area contributed by atoms with Crippen molar-refractivity contribution in [3.05, 3.63) is 54.9 Å². The summed E-state index contributed by atoms with van der Waals surface area (Å²) in [7, 11) is 0. The molecule has 1 aliphatic carbocycles. The molecule has 2 amide bonds. The Morgan fingerprint density at radius 1 is 0.968 bits per heavy atom. The van der Waals surface area contributed by atoms with Crippen molar-refractivity contribution in [3.63, 3.8) is 0 Å². The van der Waals surface area contributed by atoms with Crippen molar-refractivity contribution in [1.29, 1.82) is 0 Å². The van der Waals surface area contributed by atoms with Gasteiger partial charge in [0.15, 0.2) is 0 Å². The van der Waals surface area contributed by atoms with Crippen molar-refractivity contribution in [2.45, 2.75) is 25.8 Å². The van der Waals surface area contributed by atoms with E-state index in [-0.39, 0.29) is 18.4 Å². The molecular weight excluding hydrogens is 390 g/mol. The maximum atomic E-state index is 12.5. The van der Waals surface area contributed by atoms with Gasteiger partial charge >= 0.3 is 0 Å². The fraction of sp³-hybridized carbons (Fsp3) is 0.375. The number of para-hydroxylation sites is 2. The maximum absolute atomic E-state index is 12.5. The highest BCUT2D eigenvalue weighted by molar-refractivity contribution is 5.91. The second-order valence-electron chi connectivity index (χ2n) is 8.40. The number of anilines is 2. The van der Waals surface area contributed by atoms with E-state index in [0.29, 0.717) is 5.91 Å². The van der Waals surface area contributed by atoms with Crippen molar-refractivity contribution >= 4 is 34.2 Å². The van der Waals surface area contributed by atoms with Gasteiger partial charge in [-0.2, -0.15) is 0 Å². The highest BCUT2D eigenvalue weighted by Gasteiger charge is 2.33. The van der Waals surface area contributed by atoms with Gasteiger partial charge in [-0.15, -0.1) is 0 Å². The second-order valence-corrected chi connectivity index (χ2v) is 8.40. The molecule has 7 heteroatoms. The third-order valence-electron chi connectivity index (χ3n) is 6.09. The molecule has 160 valence electrons. The molecule has 1 N–H and O–H groups in total. The van der Waals surface area contributed by atoms with Crippen LogP contribution in [0, 0.1) is 5.92 Å². The molecule has 2 aliphatic rings. The van der Waals surface area contributed by atoms with Gasteiger partial charge in [-0.1, -0.05) is 12.1 Å². The number of benzene rings is 2. The van der Waals surface area contributed by atoms with Gasteiger partial charge < -0.3 is 19.7 Å². The molecule has 1 aromatic heterocycles. The molecule has 0 atom stereocenters. The zero-order valence-electron chi connectivity index (χ0n) is 17.5. The van der Waals surface area contributed by atoms with Gasteiger partial charge in [0, 0.05) is 43.5 Å². The molecule has 1 saturated heterocycles. The number of amides is 2. The summed E-state index contributed by atoms with van der Waals surface area (Å²) in [6.45, 7) is 3.64. The van der Waals surface area contributed by atoms with Crippen LogP contribution in [0.15, 0.2) is 54.9 Å². The minimum atomic E-state index is -0.0834. The van der Waals surface area contributed by atoms with E-state index in [0.717, 1.165) is 67.8 Å². The smallest absolute Gasteiger partial charge is 0.244 e. The molecule has 0 unspecified atom stereocenters. The van der Waals surface area contributed by atoms with Crippen LogP contribution in [-0.4, -0.2) is 52.4 Å². The average molecular weight is 418 g/mol. The lowest BCUT2D eigenvalue weighted by Gasteiger charge is -2.24. The van der Waals surface area contributed by atoms with Crippen LogP contribution >= 0.6 is 0 Å². The first kappa shape index (κ1) is 19.6. The predicted molar refractivity (Wildman–Crippen MR) is 121 cm³/mol. The Morgan fingerprint density at radius 3 is 2.58 bits per heavy atom. The molecule has 2 aromatic carbocycles. The Balaban J connectivity index is 1.18. The first-order valence-corrected chi connectivity index (χ1v) is 11.0. The van der Waals surface area contributed by atoms with Crippen molar-refractivity contribution in [2.24, 2.45) is 5.92 Å². The van der Waals surface area contributed by atoms with Gasteiger partial charge in [0.25, 0.3) is 0 Å². The quantitative estimate of drug-likeness (QED) is 0.693. The van der Waals surface area contributed by atoms with E-state index >= 15 is 0 Å². The minimum Gasteiger partial charge on any atom is -0.370 e. The van der Waals surface area contributed by atoms with Gasteiger partial charge in [-0.3, -0.25) is 9.59 Å². The topological polar surface area (TPSA) is 70.5 Å². The number of nitrogens with zero attached hydrogens (tertiary/aromatic N) is 4. The molecule has 5 rings (SSSR count). The third-order valence-corrected chi connectivity index (χ3v) is 6.09. The third kappa shape index (κ3) is 4.40. The van der Waals surface area contributed by atoms with E-state index in [1.165, 1.54) is 0 Å². The van der Waals surface area contributed by atoms with Crippen LogP contribution in [0.3, 0.4) is 0 Å². The highest BCUT2D eigenvalue weighted by atomic mass is 16.2. The summed E-state index contributed by atoms with van der Waals surface area (Å²) < 4.78 is 1.85. The van der Waals surface area contributed by atoms with Gasteiger partial charge in [-0.05, 0) is 55.7 Å². The van der Waals surface area contributed by atoms with Gasteiger partial charge in [0.05, 0.1) is 17.4 Å². The molecule has 2 heterocycles. The molecule has 31 heavy (non-hydrogen) atoms. The molecular formula is C24H27N5O2. The molecule has 0 radical (unpaired) electrons. The summed E-state index contributed by atoms with van der Waals surface area (Å²) in [6, 6.07) is 15.8. The molecule has 0 spiro atoms. The molecule has 1 saturated carbocycles. The lowest BCUT2D eigenvalue weighted by atomic mass is 10.2. The highest BCUT2D eigenvalue weighted by Crippen LogP contribution is 2.31. The number of carbonyl (C=O) groups is 2. The van der Waals surface area contributed by atoms with Crippen LogP contribution in [0.2, 0.25) is 0 Å². The number of hydrogen-bond donors (Lipinski definition) is 1. The number of hydrogen-bond acceptors (Lipinski definition) is 4. The van der Waals surface area contributed by atoms with Crippen molar-refractivity contribution in [3.8, 4) is 0 Å². The normalized spacial score (nSPS) is 16.9. The summed E-state index contributed by atoms with van der Waals surface area (Å²) in [4.78, 5) is 33.5. The van der Waals surface area contributed by atoms with E-state index in [1.807, 2.05) is 58.0 Å². The Hall–Kier alpha value is -3.35. The standard InChI is InChI=1S/C24H27N5O2/c30-23(16-29-17-25-21-4-1-2-5-22(21)29)26-19-8-10-20(11-9-19)27-12-3-13-28(15-14-27)24(31)18-6-7-18/h1-2,4-5,8-11,17-18H,3,6-7,12-16H2,(H,26,30). The van der Waals surface area contributed by atoms with Crippen LogP contribution in [0.25, 0.3) is 11.0 Å². The van der Waals surface area contributed by atoms with Crippen molar-refractivity contribution in [2.75, 3.05) is 36.4 Å². The zero-order valence-corrected chi connectivity index (χ0v) is 17.5. The van der Waals surface area contributed by atoms with E-state index in [1.54, 1.807) is 6.33 Å². The molecule has 1 aliphatic heterocycles. The second kappa shape index (κ2) is 8.41. The summed E-state index contributed by atoms with van der Waals surface area (Å²) >= 11 is 0. The van der Waals surface area contributed by atoms with E-state index in [2.05, 4.69) is 15.2 Å². The fourth-order valence-electron chi connectivity index (χ4n) is 4.23. The molecule has 2 fully saturated rings. The van der Waals surface area contributed by atoms with Crippen LogP contribution in [0.5, 0.6) is 0 Å². The van der Waals surface area contributed by atoms with Crippen molar-refractivity contribution in [1.82, 2.24) is 14.5 Å². The van der Waals surface area contributed by atoms with Gasteiger partial charge in [0.2, 0.25) is 11.8 Å². The summed E-state index contributed by atoms with van der Waals surface area (Å²) in [5.41, 5.74) is 3.73. The molecule has 3 aromatic rings. The van der Waals surface area contributed by atoms with Gasteiger partial charge in [-0.25, -0.2) is 4.98 Å². The Labute approximate surface area is 181 Å². The van der Waals surface area contributed by atoms with E-state index in [9.17, 15) is 9.59 Å². The molecule has 0 bridgehead atoms. The van der Waals surface area contributed by atoms with Crippen LogP contribution in [0.1, 0.15) is 19.3 Å². The van der Waals surface area contributed by atoms with Crippen LogP contribution in [-0.2, 0) is 16.1 Å². The Morgan fingerprint density at radius 2 is 1.77 bits per heavy atom.